The van der Waals surface area contributed by atoms with E-state index in [9.17, 15) is 9.18 Å². The number of amides is 1. The molecule has 30 heavy (non-hydrogen) atoms. The summed E-state index contributed by atoms with van der Waals surface area (Å²) in [6, 6.07) is 5.65. The summed E-state index contributed by atoms with van der Waals surface area (Å²) in [5.41, 5.74) is 3.00. The van der Waals surface area contributed by atoms with Crippen LogP contribution in [0.1, 0.15) is 34.0 Å². The molecule has 9 heteroatoms. The van der Waals surface area contributed by atoms with Crippen molar-refractivity contribution in [2.75, 3.05) is 34.3 Å². The number of carbonyl (C=O) groups excluding carboxylic acids is 1. The van der Waals surface area contributed by atoms with Gasteiger partial charge in [-0.25, -0.2) is 9.07 Å². The predicted octanol–water partition coefficient (Wildman–Crippen LogP) is 2.25. The maximum atomic E-state index is 14.8. The van der Waals surface area contributed by atoms with Crippen LogP contribution in [0.15, 0.2) is 24.4 Å². The maximum Gasteiger partial charge on any atom is 0.318 e. The third kappa shape index (κ3) is 3.60. The topological polar surface area (TPSA) is 85.2 Å². The van der Waals surface area contributed by atoms with Crippen LogP contribution in [0, 0.1) is 6.92 Å². The molecule has 3 heterocycles. The van der Waals surface area contributed by atoms with Gasteiger partial charge in [0.2, 0.25) is 0 Å². The van der Waals surface area contributed by atoms with Crippen LogP contribution in [0.5, 0.6) is 6.01 Å². The van der Waals surface area contributed by atoms with Crippen molar-refractivity contribution in [3.8, 4) is 11.8 Å². The number of methoxy groups -OCH3 is 1. The number of hydrogen-bond donors (Lipinski definition) is 1. The minimum absolute atomic E-state index is 0.0706. The second kappa shape index (κ2) is 7.98. The smallest absolute Gasteiger partial charge is 0.318 e. The predicted molar refractivity (Wildman–Crippen MR) is 111 cm³/mol. The molecular formula is C21H25FN6O2. The number of nitrogens with zero attached hydrogens (tertiary/aromatic N) is 5. The molecule has 2 atom stereocenters. The Balaban J connectivity index is 1.82. The lowest BCUT2D eigenvalue weighted by atomic mass is 9.85. The van der Waals surface area contributed by atoms with Crippen LogP contribution in [-0.2, 0) is 0 Å². The molecule has 158 valence electrons. The van der Waals surface area contributed by atoms with Crippen LogP contribution in [-0.4, -0.2) is 71.0 Å². The zero-order valence-electron chi connectivity index (χ0n) is 17.5. The fourth-order valence-electron chi connectivity index (χ4n) is 4.05. The molecule has 3 aromatic rings. The second-order valence-electron chi connectivity index (χ2n) is 7.67. The van der Waals surface area contributed by atoms with E-state index in [-0.39, 0.29) is 23.5 Å². The van der Waals surface area contributed by atoms with Crippen molar-refractivity contribution in [2.45, 2.75) is 25.4 Å². The molecule has 1 N–H and O–H groups in total. The largest absolute Gasteiger partial charge is 0.467 e. The van der Waals surface area contributed by atoms with Gasteiger partial charge in [0, 0.05) is 31.0 Å². The molecule has 0 aliphatic carbocycles. The van der Waals surface area contributed by atoms with E-state index in [1.165, 1.54) is 14.2 Å². The SMILES string of the molecule is CNC(=O)c1cc(-n2ncc3cc(C)c(C4CCN(C)CC4F)cc32)nc(OC)n1. The van der Waals surface area contributed by atoms with Gasteiger partial charge in [0.05, 0.1) is 18.8 Å². The first-order valence-electron chi connectivity index (χ1n) is 9.87. The lowest BCUT2D eigenvalue weighted by molar-refractivity contribution is 0.0957. The Morgan fingerprint density at radius 1 is 1.30 bits per heavy atom. The molecular weight excluding hydrogens is 387 g/mol. The van der Waals surface area contributed by atoms with Crippen LogP contribution >= 0.6 is 0 Å². The van der Waals surface area contributed by atoms with Crippen LogP contribution in [0.3, 0.4) is 0 Å². The molecule has 1 saturated heterocycles. The summed E-state index contributed by atoms with van der Waals surface area (Å²) < 4.78 is 21.6. The second-order valence-corrected chi connectivity index (χ2v) is 7.67. The van der Waals surface area contributed by atoms with E-state index in [1.807, 2.05) is 31.0 Å². The maximum absolute atomic E-state index is 14.8. The summed E-state index contributed by atoms with van der Waals surface area (Å²) in [5, 5.41) is 7.93. The first-order valence-corrected chi connectivity index (χ1v) is 9.87. The van der Waals surface area contributed by atoms with E-state index >= 15 is 0 Å². The van der Waals surface area contributed by atoms with Crippen molar-refractivity contribution in [1.82, 2.24) is 30.0 Å². The van der Waals surface area contributed by atoms with Crippen molar-refractivity contribution in [2.24, 2.45) is 0 Å². The quantitative estimate of drug-likeness (QED) is 0.708. The van der Waals surface area contributed by atoms with Gasteiger partial charge >= 0.3 is 6.01 Å². The number of carbonyl (C=O) groups is 1. The highest BCUT2D eigenvalue weighted by atomic mass is 19.1. The molecule has 0 radical (unpaired) electrons. The molecule has 2 aromatic heterocycles. The van der Waals surface area contributed by atoms with Crippen LogP contribution < -0.4 is 10.1 Å². The van der Waals surface area contributed by atoms with E-state index in [2.05, 4.69) is 20.4 Å². The standard InChI is InChI=1S/C21H25FN6O2/c1-12-7-13-10-24-28(19-9-17(20(29)23-2)25-21(26-19)30-4)18(13)8-15(12)14-5-6-27(3)11-16(14)22/h7-10,14,16H,5-6,11H2,1-4H3,(H,23,29). The van der Waals surface area contributed by atoms with Gasteiger partial charge in [0.1, 0.15) is 11.9 Å². The Labute approximate surface area is 174 Å². The lowest BCUT2D eigenvalue weighted by Crippen LogP contribution is -2.38. The molecule has 1 aliphatic heterocycles. The normalized spacial score (nSPS) is 19.8. The summed E-state index contributed by atoms with van der Waals surface area (Å²) >= 11 is 0. The zero-order chi connectivity index (χ0) is 21.4. The zero-order valence-corrected chi connectivity index (χ0v) is 17.5. The number of alkyl halides is 1. The van der Waals surface area contributed by atoms with E-state index in [1.54, 1.807) is 16.9 Å². The highest BCUT2D eigenvalue weighted by molar-refractivity contribution is 5.92. The number of halogens is 1. The fraction of sp³-hybridized carbons (Fsp3) is 0.429. The third-order valence-corrected chi connectivity index (χ3v) is 5.65. The van der Waals surface area contributed by atoms with Crippen LogP contribution in [0.4, 0.5) is 4.39 Å². The number of ether oxygens (including phenoxy) is 1. The Hall–Kier alpha value is -3.07. The van der Waals surface area contributed by atoms with Gasteiger partial charge in [0.15, 0.2) is 5.82 Å². The first kappa shape index (κ1) is 20.2. The Kier molecular flexibility index (Phi) is 5.38. The number of hydrogen-bond acceptors (Lipinski definition) is 6. The van der Waals surface area contributed by atoms with Crippen molar-refractivity contribution in [3.05, 3.63) is 41.2 Å². The van der Waals surface area contributed by atoms with E-state index in [0.717, 1.165) is 35.0 Å². The van der Waals surface area contributed by atoms with Gasteiger partial charge in [-0.15, -0.1) is 0 Å². The number of piperidine rings is 1. The number of rotatable bonds is 4. The molecule has 0 spiro atoms. The van der Waals surface area contributed by atoms with Gasteiger partial charge in [-0.2, -0.15) is 15.1 Å². The van der Waals surface area contributed by atoms with Gasteiger partial charge in [-0.1, -0.05) is 0 Å². The first-order chi connectivity index (χ1) is 14.4. The summed E-state index contributed by atoms with van der Waals surface area (Å²) in [4.78, 5) is 22.6. The number of likely N-dealkylation sites (tertiary alicyclic amines) is 1. The molecule has 0 bridgehead atoms. The van der Waals surface area contributed by atoms with E-state index < -0.39 is 6.17 Å². The van der Waals surface area contributed by atoms with Gasteiger partial charge in [-0.05, 0) is 50.2 Å². The van der Waals surface area contributed by atoms with Crippen molar-refractivity contribution in [1.29, 1.82) is 0 Å². The van der Waals surface area contributed by atoms with Crippen LogP contribution in [0.25, 0.3) is 16.7 Å². The molecule has 1 fully saturated rings. The number of aromatic nitrogens is 4. The molecule has 1 amide bonds. The summed E-state index contributed by atoms with van der Waals surface area (Å²) in [7, 11) is 4.92. The van der Waals surface area contributed by atoms with Gasteiger partial charge in [-0.3, -0.25) is 4.79 Å². The minimum Gasteiger partial charge on any atom is -0.467 e. The fourth-order valence-corrected chi connectivity index (χ4v) is 4.05. The number of benzene rings is 1. The molecule has 1 aliphatic rings. The summed E-state index contributed by atoms with van der Waals surface area (Å²) in [6.07, 6.45) is 1.58. The van der Waals surface area contributed by atoms with Crippen molar-refractivity contribution < 1.29 is 13.9 Å². The Bertz CT molecular complexity index is 1100. The van der Waals surface area contributed by atoms with Crippen LogP contribution in [0.2, 0.25) is 0 Å². The molecule has 2 unspecified atom stereocenters. The van der Waals surface area contributed by atoms with Gasteiger partial charge in [0.25, 0.3) is 5.91 Å². The Morgan fingerprint density at radius 2 is 2.10 bits per heavy atom. The Morgan fingerprint density at radius 3 is 2.80 bits per heavy atom. The number of aryl methyl sites for hydroxylation is 1. The lowest BCUT2D eigenvalue weighted by Gasteiger charge is -2.33. The van der Waals surface area contributed by atoms with E-state index in [0.29, 0.717) is 12.4 Å². The van der Waals surface area contributed by atoms with Crippen molar-refractivity contribution >= 4 is 16.8 Å². The third-order valence-electron chi connectivity index (χ3n) is 5.65. The van der Waals surface area contributed by atoms with Crippen molar-refractivity contribution in [3.63, 3.8) is 0 Å². The number of nitrogens with one attached hydrogen (secondary N) is 1. The highest BCUT2D eigenvalue weighted by Crippen LogP contribution is 2.34. The molecule has 8 nitrogen and oxygen atoms in total. The number of fused-ring (bicyclic) bond motifs is 1. The van der Waals surface area contributed by atoms with Gasteiger partial charge < -0.3 is 15.0 Å². The minimum atomic E-state index is -0.921. The molecule has 1 aromatic carbocycles. The molecule has 0 saturated carbocycles. The highest BCUT2D eigenvalue weighted by Gasteiger charge is 2.30. The molecule has 4 rings (SSSR count). The summed E-state index contributed by atoms with van der Waals surface area (Å²) in [5.74, 6) is -0.0997. The summed E-state index contributed by atoms with van der Waals surface area (Å²) in [6.45, 7) is 3.30. The average Bonchev–Trinajstić information content (AvgIpc) is 3.15. The van der Waals surface area contributed by atoms with E-state index in [4.69, 9.17) is 4.74 Å². The average molecular weight is 412 g/mol. The monoisotopic (exact) mass is 412 g/mol.